The standard InChI is InChI=1S/C16H26ClN3/c1-3-9-18-12-15-14(17)5-6-16(19-15)20-10-7-13(4-2)8-11-20/h5-6,13,18H,3-4,7-12H2,1-2H3. The lowest BCUT2D eigenvalue weighted by atomic mass is 9.94. The fraction of sp³-hybridized carbons (Fsp3) is 0.688. The van der Waals surface area contributed by atoms with Crippen LogP contribution in [0.15, 0.2) is 12.1 Å². The Labute approximate surface area is 127 Å². The quantitative estimate of drug-likeness (QED) is 0.808. The van der Waals surface area contributed by atoms with Crippen LogP contribution in [0.2, 0.25) is 5.02 Å². The summed E-state index contributed by atoms with van der Waals surface area (Å²) < 4.78 is 0. The van der Waals surface area contributed by atoms with Crippen molar-refractivity contribution in [1.29, 1.82) is 0 Å². The van der Waals surface area contributed by atoms with Crippen molar-refractivity contribution in [3.05, 3.63) is 22.8 Å². The number of piperidine rings is 1. The molecule has 4 heteroatoms. The van der Waals surface area contributed by atoms with Gasteiger partial charge in [0.25, 0.3) is 0 Å². The van der Waals surface area contributed by atoms with Crippen LogP contribution >= 0.6 is 11.6 Å². The van der Waals surface area contributed by atoms with Gasteiger partial charge in [0.15, 0.2) is 0 Å². The fourth-order valence-electron chi connectivity index (χ4n) is 2.73. The third-order valence-electron chi connectivity index (χ3n) is 4.14. The van der Waals surface area contributed by atoms with Gasteiger partial charge in [-0.3, -0.25) is 0 Å². The second-order valence-electron chi connectivity index (χ2n) is 5.61. The molecule has 1 aliphatic heterocycles. The minimum Gasteiger partial charge on any atom is -0.357 e. The number of nitrogens with zero attached hydrogens (tertiary/aromatic N) is 2. The van der Waals surface area contributed by atoms with Crippen molar-refractivity contribution in [2.45, 2.75) is 46.1 Å². The zero-order valence-corrected chi connectivity index (χ0v) is 13.4. The molecule has 1 fully saturated rings. The van der Waals surface area contributed by atoms with E-state index in [0.717, 1.165) is 55.1 Å². The number of aromatic nitrogens is 1. The number of pyridine rings is 1. The summed E-state index contributed by atoms with van der Waals surface area (Å²) in [5.41, 5.74) is 0.968. The molecule has 0 amide bonds. The summed E-state index contributed by atoms with van der Waals surface area (Å²) in [6.07, 6.45) is 4.99. The van der Waals surface area contributed by atoms with Crippen LogP contribution in [0.25, 0.3) is 0 Å². The third kappa shape index (κ3) is 4.10. The van der Waals surface area contributed by atoms with E-state index < -0.39 is 0 Å². The van der Waals surface area contributed by atoms with Gasteiger partial charge >= 0.3 is 0 Å². The van der Waals surface area contributed by atoms with Crippen LogP contribution < -0.4 is 10.2 Å². The molecular weight excluding hydrogens is 270 g/mol. The Bertz CT molecular complexity index is 414. The highest BCUT2D eigenvalue weighted by molar-refractivity contribution is 6.31. The molecule has 112 valence electrons. The lowest BCUT2D eigenvalue weighted by Crippen LogP contribution is -2.34. The Hall–Kier alpha value is -0.800. The summed E-state index contributed by atoms with van der Waals surface area (Å²) in [6.45, 7) is 8.45. The molecule has 0 spiro atoms. The van der Waals surface area contributed by atoms with Crippen LogP contribution in [0, 0.1) is 5.92 Å². The first-order valence-electron chi connectivity index (χ1n) is 7.85. The summed E-state index contributed by atoms with van der Waals surface area (Å²) >= 11 is 6.24. The lowest BCUT2D eigenvalue weighted by Gasteiger charge is -2.32. The highest BCUT2D eigenvalue weighted by Gasteiger charge is 2.19. The van der Waals surface area contributed by atoms with E-state index in [2.05, 4.69) is 30.1 Å². The van der Waals surface area contributed by atoms with Crippen LogP contribution in [0.4, 0.5) is 5.82 Å². The van der Waals surface area contributed by atoms with E-state index in [9.17, 15) is 0 Å². The van der Waals surface area contributed by atoms with Gasteiger partial charge in [0.05, 0.1) is 10.7 Å². The number of halogens is 1. The van der Waals surface area contributed by atoms with E-state index in [-0.39, 0.29) is 0 Å². The van der Waals surface area contributed by atoms with Crippen molar-refractivity contribution >= 4 is 17.4 Å². The minimum atomic E-state index is 0.756. The summed E-state index contributed by atoms with van der Waals surface area (Å²) in [5.74, 6) is 1.97. The van der Waals surface area contributed by atoms with E-state index in [1.807, 2.05) is 6.07 Å². The first-order valence-corrected chi connectivity index (χ1v) is 8.23. The Morgan fingerprint density at radius 3 is 2.70 bits per heavy atom. The van der Waals surface area contributed by atoms with Gasteiger partial charge in [0.1, 0.15) is 5.82 Å². The first-order chi connectivity index (χ1) is 9.74. The monoisotopic (exact) mass is 295 g/mol. The molecule has 0 radical (unpaired) electrons. The molecule has 1 saturated heterocycles. The second-order valence-corrected chi connectivity index (χ2v) is 6.02. The summed E-state index contributed by atoms with van der Waals surface area (Å²) in [4.78, 5) is 7.14. The molecule has 1 aromatic heterocycles. The Kier molecular flexibility index (Phi) is 6.11. The van der Waals surface area contributed by atoms with Crippen LogP contribution in [-0.2, 0) is 6.54 Å². The highest BCUT2D eigenvalue weighted by Crippen LogP contribution is 2.25. The molecule has 0 aromatic carbocycles. The predicted molar refractivity (Wildman–Crippen MR) is 86.5 cm³/mol. The average Bonchev–Trinajstić information content (AvgIpc) is 2.49. The van der Waals surface area contributed by atoms with E-state index in [0.29, 0.717) is 0 Å². The SMILES string of the molecule is CCCNCc1nc(N2CCC(CC)CC2)ccc1Cl. The normalized spacial score (nSPS) is 16.6. The maximum absolute atomic E-state index is 6.24. The van der Waals surface area contributed by atoms with E-state index in [1.54, 1.807) is 0 Å². The van der Waals surface area contributed by atoms with Crippen molar-refractivity contribution in [3.63, 3.8) is 0 Å². The number of anilines is 1. The molecule has 20 heavy (non-hydrogen) atoms. The molecule has 0 atom stereocenters. The number of hydrogen-bond acceptors (Lipinski definition) is 3. The van der Waals surface area contributed by atoms with Crippen molar-refractivity contribution < 1.29 is 0 Å². The predicted octanol–water partition coefficient (Wildman–Crippen LogP) is 3.86. The molecule has 0 saturated carbocycles. The van der Waals surface area contributed by atoms with Gasteiger partial charge in [-0.15, -0.1) is 0 Å². The molecule has 1 aromatic rings. The Morgan fingerprint density at radius 1 is 1.30 bits per heavy atom. The average molecular weight is 296 g/mol. The largest absolute Gasteiger partial charge is 0.357 e. The van der Waals surface area contributed by atoms with Gasteiger partial charge in [0, 0.05) is 19.6 Å². The number of nitrogens with one attached hydrogen (secondary N) is 1. The summed E-state index contributed by atoms with van der Waals surface area (Å²) in [6, 6.07) is 4.04. The Morgan fingerprint density at radius 2 is 2.05 bits per heavy atom. The first kappa shape index (κ1) is 15.6. The second kappa shape index (κ2) is 7.84. The van der Waals surface area contributed by atoms with Crippen LogP contribution in [0.3, 0.4) is 0 Å². The topological polar surface area (TPSA) is 28.2 Å². The molecule has 2 rings (SSSR count). The van der Waals surface area contributed by atoms with Gasteiger partial charge in [0.2, 0.25) is 0 Å². The van der Waals surface area contributed by atoms with Gasteiger partial charge in [-0.25, -0.2) is 4.98 Å². The van der Waals surface area contributed by atoms with Gasteiger partial charge in [-0.1, -0.05) is 31.9 Å². The zero-order valence-electron chi connectivity index (χ0n) is 12.7. The smallest absolute Gasteiger partial charge is 0.128 e. The van der Waals surface area contributed by atoms with Crippen molar-refractivity contribution in [1.82, 2.24) is 10.3 Å². The van der Waals surface area contributed by atoms with Crippen LogP contribution in [0.5, 0.6) is 0 Å². The van der Waals surface area contributed by atoms with E-state index in [4.69, 9.17) is 16.6 Å². The molecule has 1 N–H and O–H groups in total. The Balaban J connectivity index is 1.99. The van der Waals surface area contributed by atoms with Gasteiger partial charge in [-0.2, -0.15) is 0 Å². The van der Waals surface area contributed by atoms with Crippen molar-refractivity contribution in [3.8, 4) is 0 Å². The van der Waals surface area contributed by atoms with Crippen molar-refractivity contribution in [2.75, 3.05) is 24.5 Å². The third-order valence-corrected chi connectivity index (χ3v) is 4.48. The molecule has 1 aliphatic rings. The van der Waals surface area contributed by atoms with Gasteiger partial charge in [-0.05, 0) is 43.9 Å². The molecule has 0 aliphatic carbocycles. The molecule has 0 bridgehead atoms. The lowest BCUT2D eigenvalue weighted by molar-refractivity contribution is 0.393. The molecule has 3 nitrogen and oxygen atoms in total. The highest BCUT2D eigenvalue weighted by atomic mass is 35.5. The maximum Gasteiger partial charge on any atom is 0.128 e. The number of rotatable bonds is 6. The molecule has 2 heterocycles. The van der Waals surface area contributed by atoms with Crippen molar-refractivity contribution in [2.24, 2.45) is 5.92 Å². The van der Waals surface area contributed by atoms with E-state index >= 15 is 0 Å². The molecule has 0 unspecified atom stereocenters. The molecular formula is C16H26ClN3. The van der Waals surface area contributed by atoms with Crippen LogP contribution in [-0.4, -0.2) is 24.6 Å². The number of hydrogen-bond donors (Lipinski definition) is 1. The zero-order chi connectivity index (χ0) is 14.4. The summed E-state index contributed by atoms with van der Waals surface area (Å²) in [7, 11) is 0. The van der Waals surface area contributed by atoms with E-state index in [1.165, 1.54) is 19.3 Å². The van der Waals surface area contributed by atoms with Gasteiger partial charge < -0.3 is 10.2 Å². The fourth-order valence-corrected chi connectivity index (χ4v) is 2.90. The van der Waals surface area contributed by atoms with Crippen LogP contribution in [0.1, 0.15) is 45.2 Å². The minimum absolute atomic E-state index is 0.756. The summed E-state index contributed by atoms with van der Waals surface area (Å²) in [5, 5.41) is 4.14. The maximum atomic E-state index is 6.24.